The van der Waals surface area contributed by atoms with E-state index in [0.717, 1.165) is 0 Å². The summed E-state index contributed by atoms with van der Waals surface area (Å²) >= 11 is 0. The van der Waals surface area contributed by atoms with Gasteiger partial charge in [-0.1, -0.05) is 25.6 Å². The lowest BCUT2D eigenvalue weighted by molar-refractivity contribution is -0.180. The van der Waals surface area contributed by atoms with Crippen molar-refractivity contribution in [1.29, 1.82) is 0 Å². The molecule has 20 heavy (non-hydrogen) atoms. The van der Waals surface area contributed by atoms with Crippen LogP contribution in [-0.4, -0.2) is 38.5 Å². The molecule has 0 bridgehead atoms. The van der Waals surface area contributed by atoms with Gasteiger partial charge in [0.1, 0.15) is 14.7 Å². The van der Waals surface area contributed by atoms with Gasteiger partial charge in [0.15, 0.2) is 5.60 Å². The molecule has 0 aromatic heterocycles. The molecule has 0 spiro atoms. The van der Waals surface area contributed by atoms with Gasteiger partial charge in [-0.3, -0.25) is 9.59 Å². The maximum Gasteiger partial charge on any atom is 0.305 e. The zero-order valence-electron chi connectivity index (χ0n) is 12.5. The maximum absolute atomic E-state index is 11.0. The van der Waals surface area contributed by atoms with Gasteiger partial charge in [-0.05, 0) is 12.2 Å². The van der Waals surface area contributed by atoms with Crippen molar-refractivity contribution in [2.45, 2.75) is 45.4 Å². The SMILES string of the molecule is CC(=O)OCC1(C#C[Si](C)(C)C)C=CC(OC(C)=O)O1. The van der Waals surface area contributed by atoms with Gasteiger partial charge in [0.25, 0.3) is 0 Å². The van der Waals surface area contributed by atoms with Gasteiger partial charge in [0.05, 0.1) is 0 Å². The van der Waals surface area contributed by atoms with E-state index in [1.807, 2.05) is 0 Å². The smallest absolute Gasteiger partial charge is 0.305 e. The van der Waals surface area contributed by atoms with Crippen LogP contribution in [0.3, 0.4) is 0 Å². The molecule has 0 fully saturated rings. The van der Waals surface area contributed by atoms with E-state index < -0.39 is 31.9 Å². The summed E-state index contributed by atoms with van der Waals surface area (Å²) in [6.45, 7) is 8.90. The molecule has 0 aromatic carbocycles. The second-order valence-electron chi connectivity index (χ2n) is 5.62. The minimum absolute atomic E-state index is 0.0198. The minimum atomic E-state index is -1.61. The number of carbonyl (C=O) groups excluding carboxylic acids is 2. The Morgan fingerprint density at radius 1 is 1.30 bits per heavy atom. The van der Waals surface area contributed by atoms with Gasteiger partial charge < -0.3 is 14.2 Å². The highest BCUT2D eigenvalue weighted by Crippen LogP contribution is 2.25. The molecule has 1 aliphatic rings. The average Bonchev–Trinajstić information content (AvgIpc) is 2.66. The molecule has 0 saturated carbocycles. The van der Waals surface area contributed by atoms with E-state index in [9.17, 15) is 9.59 Å². The second-order valence-corrected chi connectivity index (χ2v) is 10.4. The molecule has 0 aliphatic carbocycles. The summed E-state index contributed by atoms with van der Waals surface area (Å²) in [6.07, 6.45) is 2.49. The molecule has 0 aromatic rings. The number of esters is 2. The van der Waals surface area contributed by atoms with Gasteiger partial charge in [-0.15, -0.1) is 5.54 Å². The third-order valence-electron chi connectivity index (χ3n) is 2.27. The standard InChI is InChI=1S/C14H20O5Si/c1-11(15)17-10-14(8-9-20(3,4)5)7-6-13(19-14)18-12(2)16/h6-7,13H,10H2,1-5H3. The fraction of sp³-hybridized carbons (Fsp3) is 0.571. The van der Waals surface area contributed by atoms with Gasteiger partial charge in [0, 0.05) is 13.8 Å². The van der Waals surface area contributed by atoms with Crippen LogP contribution in [-0.2, 0) is 23.8 Å². The van der Waals surface area contributed by atoms with Crippen molar-refractivity contribution in [3.05, 3.63) is 12.2 Å². The molecular weight excluding hydrogens is 276 g/mol. The molecule has 0 saturated heterocycles. The average molecular weight is 296 g/mol. The number of hydrogen-bond donors (Lipinski definition) is 0. The first-order valence-electron chi connectivity index (χ1n) is 6.34. The van der Waals surface area contributed by atoms with E-state index >= 15 is 0 Å². The van der Waals surface area contributed by atoms with Crippen LogP contribution in [0.2, 0.25) is 19.6 Å². The monoisotopic (exact) mass is 296 g/mol. The molecule has 1 heterocycles. The third-order valence-corrected chi connectivity index (χ3v) is 3.15. The van der Waals surface area contributed by atoms with E-state index in [2.05, 4.69) is 31.1 Å². The predicted molar refractivity (Wildman–Crippen MR) is 76.3 cm³/mol. The molecule has 0 radical (unpaired) electrons. The first kappa shape index (κ1) is 16.5. The van der Waals surface area contributed by atoms with E-state index in [0.29, 0.717) is 0 Å². The summed E-state index contributed by atoms with van der Waals surface area (Å²) in [5, 5.41) is 0. The Morgan fingerprint density at radius 3 is 2.45 bits per heavy atom. The van der Waals surface area contributed by atoms with Crippen LogP contribution in [0.25, 0.3) is 0 Å². The van der Waals surface area contributed by atoms with Crippen molar-refractivity contribution in [1.82, 2.24) is 0 Å². The molecule has 1 rings (SSSR count). The van der Waals surface area contributed by atoms with E-state index in [1.54, 1.807) is 12.2 Å². The van der Waals surface area contributed by atoms with Gasteiger partial charge in [-0.25, -0.2) is 0 Å². The molecule has 0 N–H and O–H groups in total. The van der Waals surface area contributed by atoms with Crippen molar-refractivity contribution in [3.8, 4) is 11.5 Å². The summed E-state index contributed by atoms with van der Waals surface area (Å²) in [6, 6.07) is 0. The predicted octanol–water partition coefficient (Wildman–Crippen LogP) is 1.64. The van der Waals surface area contributed by atoms with E-state index in [1.165, 1.54) is 13.8 Å². The lowest BCUT2D eigenvalue weighted by Crippen LogP contribution is -2.36. The Hall–Kier alpha value is -1.58. The third kappa shape index (κ3) is 5.59. The number of ether oxygens (including phenoxy) is 3. The van der Waals surface area contributed by atoms with Crippen LogP contribution in [0, 0.1) is 11.5 Å². The Bertz CT molecular complexity index is 480. The number of hydrogen-bond acceptors (Lipinski definition) is 5. The molecular formula is C14H20O5Si. The van der Waals surface area contributed by atoms with Gasteiger partial charge in [-0.2, -0.15) is 0 Å². The van der Waals surface area contributed by atoms with Crippen LogP contribution < -0.4 is 0 Å². The zero-order chi connectivity index (χ0) is 15.4. The summed E-state index contributed by atoms with van der Waals surface area (Å²) in [4.78, 5) is 21.9. The van der Waals surface area contributed by atoms with Crippen LogP contribution in [0.4, 0.5) is 0 Å². The van der Waals surface area contributed by atoms with Crippen LogP contribution in [0.15, 0.2) is 12.2 Å². The highest BCUT2D eigenvalue weighted by molar-refractivity contribution is 6.83. The highest BCUT2D eigenvalue weighted by Gasteiger charge is 2.37. The molecule has 1 aliphatic heterocycles. The summed E-state index contributed by atoms with van der Waals surface area (Å²) in [7, 11) is -1.61. The lowest BCUT2D eigenvalue weighted by atomic mass is 10.1. The second kappa shape index (κ2) is 6.24. The molecule has 0 amide bonds. The normalized spacial score (nSPS) is 24.8. The van der Waals surface area contributed by atoms with Crippen molar-refractivity contribution in [2.75, 3.05) is 6.61 Å². The van der Waals surface area contributed by atoms with Gasteiger partial charge >= 0.3 is 11.9 Å². The molecule has 5 nitrogen and oxygen atoms in total. The summed E-state index contributed by atoms with van der Waals surface area (Å²) < 4.78 is 15.6. The van der Waals surface area contributed by atoms with Crippen LogP contribution in [0.1, 0.15) is 13.8 Å². The Morgan fingerprint density at radius 2 is 1.95 bits per heavy atom. The molecule has 110 valence electrons. The van der Waals surface area contributed by atoms with Crippen molar-refractivity contribution >= 4 is 20.0 Å². The Labute approximate surface area is 120 Å². The summed E-state index contributed by atoms with van der Waals surface area (Å²) in [5.74, 6) is 2.17. The quantitative estimate of drug-likeness (QED) is 0.343. The fourth-order valence-corrected chi connectivity index (χ4v) is 2.02. The van der Waals surface area contributed by atoms with Crippen molar-refractivity contribution < 1.29 is 23.8 Å². The van der Waals surface area contributed by atoms with E-state index in [-0.39, 0.29) is 6.61 Å². The largest absolute Gasteiger partial charge is 0.461 e. The fourth-order valence-electron chi connectivity index (χ4n) is 1.44. The molecule has 6 heteroatoms. The lowest BCUT2D eigenvalue weighted by Gasteiger charge is -2.23. The summed E-state index contributed by atoms with van der Waals surface area (Å²) in [5.41, 5.74) is 2.15. The van der Waals surface area contributed by atoms with Crippen molar-refractivity contribution in [2.24, 2.45) is 0 Å². The Kier molecular flexibility index (Phi) is 5.14. The number of carbonyl (C=O) groups is 2. The molecule has 2 unspecified atom stereocenters. The number of rotatable bonds is 3. The zero-order valence-corrected chi connectivity index (χ0v) is 13.5. The topological polar surface area (TPSA) is 61.8 Å². The Balaban J connectivity index is 2.87. The first-order chi connectivity index (χ1) is 9.12. The molecule has 2 atom stereocenters. The van der Waals surface area contributed by atoms with Gasteiger partial charge in [0.2, 0.25) is 6.29 Å². The highest BCUT2D eigenvalue weighted by atomic mass is 28.3. The van der Waals surface area contributed by atoms with Crippen LogP contribution in [0.5, 0.6) is 0 Å². The van der Waals surface area contributed by atoms with Crippen LogP contribution >= 0.6 is 0 Å². The first-order valence-corrected chi connectivity index (χ1v) is 9.84. The van der Waals surface area contributed by atoms with E-state index in [4.69, 9.17) is 14.2 Å². The minimum Gasteiger partial charge on any atom is -0.461 e. The van der Waals surface area contributed by atoms with Crippen molar-refractivity contribution in [3.63, 3.8) is 0 Å². The maximum atomic E-state index is 11.0.